The molecule has 0 spiro atoms. The number of rotatable bonds is 5. The van der Waals surface area contributed by atoms with Crippen LogP contribution in [0.15, 0.2) is 77.1 Å². The van der Waals surface area contributed by atoms with E-state index in [4.69, 9.17) is 0 Å². The topological polar surface area (TPSA) is 48.8 Å². The molecule has 0 unspecified atom stereocenters. The SMILES string of the molecule is Cc1ccccc1N=NNNc1ccc(-c2ccccc2C)cc1C. The van der Waals surface area contributed by atoms with Gasteiger partial charge in [0.25, 0.3) is 0 Å². The van der Waals surface area contributed by atoms with E-state index in [-0.39, 0.29) is 0 Å². The standard InChI is InChI=1S/C21H22N4/c1-15-8-4-6-10-19(15)18-12-13-21(17(3)14-18)23-25-24-22-20-11-7-5-9-16(20)2/h4-14H,1-3H3,(H,22,25)(H,23,24). The van der Waals surface area contributed by atoms with Gasteiger partial charge in [-0.1, -0.05) is 53.8 Å². The normalized spacial score (nSPS) is 10.8. The summed E-state index contributed by atoms with van der Waals surface area (Å²) < 4.78 is 0. The highest BCUT2D eigenvalue weighted by Gasteiger charge is 2.04. The Morgan fingerprint density at radius 1 is 0.720 bits per heavy atom. The molecule has 0 aliphatic rings. The van der Waals surface area contributed by atoms with E-state index in [0.29, 0.717) is 0 Å². The molecule has 25 heavy (non-hydrogen) atoms. The van der Waals surface area contributed by atoms with E-state index in [9.17, 15) is 0 Å². The average Bonchev–Trinajstić information content (AvgIpc) is 2.61. The van der Waals surface area contributed by atoms with Crippen molar-refractivity contribution in [2.45, 2.75) is 20.8 Å². The van der Waals surface area contributed by atoms with E-state index in [1.54, 1.807) is 0 Å². The number of benzene rings is 3. The van der Waals surface area contributed by atoms with Crippen molar-refractivity contribution in [3.05, 3.63) is 83.4 Å². The maximum atomic E-state index is 4.18. The second-order valence-corrected chi connectivity index (χ2v) is 6.07. The summed E-state index contributed by atoms with van der Waals surface area (Å²) in [5.41, 5.74) is 13.7. The number of aryl methyl sites for hydroxylation is 3. The fourth-order valence-corrected chi connectivity index (χ4v) is 2.71. The Balaban J connectivity index is 1.68. The molecule has 3 rings (SSSR count). The van der Waals surface area contributed by atoms with E-state index in [2.05, 4.69) is 71.5 Å². The van der Waals surface area contributed by atoms with Gasteiger partial charge < -0.3 is 0 Å². The Bertz CT molecular complexity index is 900. The lowest BCUT2D eigenvalue weighted by atomic mass is 9.98. The van der Waals surface area contributed by atoms with Crippen LogP contribution in [0.4, 0.5) is 11.4 Å². The molecular weight excluding hydrogens is 308 g/mol. The quantitative estimate of drug-likeness (QED) is 0.452. The minimum atomic E-state index is 0.850. The molecule has 0 amide bonds. The summed E-state index contributed by atoms with van der Waals surface area (Å²) >= 11 is 0. The molecule has 0 saturated heterocycles. The third-order valence-corrected chi connectivity index (χ3v) is 4.20. The maximum Gasteiger partial charge on any atom is 0.0903 e. The zero-order valence-electron chi connectivity index (χ0n) is 14.7. The van der Waals surface area contributed by atoms with Gasteiger partial charge in [-0.3, -0.25) is 5.43 Å². The predicted octanol–water partition coefficient (Wildman–Crippen LogP) is 5.89. The number of hydrazine groups is 1. The van der Waals surface area contributed by atoms with E-state index in [1.807, 2.05) is 37.3 Å². The minimum absolute atomic E-state index is 0.850. The van der Waals surface area contributed by atoms with Crippen LogP contribution in [0, 0.1) is 20.8 Å². The molecule has 0 heterocycles. The third-order valence-electron chi connectivity index (χ3n) is 4.20. The van der Waals surface area contributed by atoms with Crippen molar-refractivity contribution in [2.24, 2.45) is 10.3 Å². The molecule has 0 saturated carbocycles. The summed E-state index contributed by atoms with van der Waals surface area (Å²) in [4.78, 5) is 0. The lowest BCUT2D eigenvalue weighted by Crippen LogP contribution is -2.14. The van der Waals surface area contributed by atoms with Gasteiger partial charge >= 0.3 is 0 Å². The van der Waals surface area contributed by atoms with E-state index in [0.717, 1.165) is 22.5 Å². The van der Waals surface area contributed by atoms with Gasteiger partial charge in [-0.05, 0) is 66.8 Å². The maximum absolute atomic E-state index is 4.18. The number of hydrogen-bond acceptors (Lipinski definition) is 3. The fraction of sp³-hybridized carbons (Fsp3) is 0.143. The van der Waals surface area contributed by atoms with E-state index >= 15 is 0 Å². The summed E-state index contributed by atoms with van der Waals surface area (Å²) in [5.74, 6) is 0. The predicted molar refractivity (Wildman–Crippen MR) is 104 cm³/mol. The fourth-order valence-electron chi connectivity index (χ4n) is 2.71. The van der Waals surface area contributed by atoms with Crippen LogP contribution in [0.25, 0.3) is 11.1 Å². The van der Waals surface area contributed by atoms with Gasteiger partial charge in [0, 0.05) is 0 Å². The number of nitrogens with zero attached hydrogens (tertiary/aromatic N) is 2. The molecule has 2 N–H and O–H groups in total. The van der Waals surface area contributed by atoms with Crippen LogP contribution in [-0.4, -0.2) is 0 Å². The van der Waals surface area contributed by atoms with Gasteiger partial charge in [-0.25, -0.2) is 5.53 Å². The summed E-state index contributed by atoms with van der Waals surface area (Å²) in [5, 5.41) is 8.18. The van der Waals surface area contributed by atoms with Gasteiger partial charge in [0.15, 0.2) is 0 Å². The summed E-state index contributed by atoms with van der Waals surface area (Å²) in [7, 11) is 0. The first-order chi connectivity index (χ1) is 12.1. The monoisotopic (exact) mass is 330 g/mol. The second kappa shape index (κ2) is 7.62. The highest BCUT2D eigenvalue weighted by Crippen LogP contribution is 2.27. The Hall–Kier alpha value is -3.14. The van der Waals surface area contributed by atoms with Crippen LogP contribution >= 0.6 is 0 Å². The van der Waals surface area contributed by atoms with Crippen LogP contribution in [-0.2, 0) is 0 Å². The molecule has 0 radical (unpaired) electrons. The van der Waals surface area contributed by atoms with Gasteiger partial charge in [0.2, 0.25) is 0 Å². The van der Waals surface area contributed by atoms with Crippen LogP contribution in [0.2, 0.25) is 0 Å². The smallest absolute Gasteiger partial charge is 0.0903 e. The Morgan fingerprint density at radius 2 is 1.44 bits per heavy atom. The number of anilines is 1. The van der Waals surface area contributed by atoms with Crippen molar-refractivity contribution < 1.29 is 0 Å². The van der Waals surface area contributed by atoms with E-state index < -0.39 is 0 Å². The Labute approximate surface area is 148 Å². The average molecular weight is 330 g/mol. The van der Waals surface area contributed by atoms with Gasteiger partial charge in [-0.15, -0.1) is 5.11 Å². The molecule has 3 aromatic carbocycles. The van der Waals surface area contributed by atoms with Gasteiger partial charge in [0.05, 0.1) is 11.4 Å². The highest BCUT2D eigenvalue weighted by atomic mass is 15.6. The largest absolute Gasteiger partial charge is 0.284 e. The van der Waals surface area contributed by atoms with Gasteiger partial charge in [-0.2, -0.15) is 0 Å². The van der Waals surface area contributed by atoms with Crippen molar-refractivity contribution >= 4 is 11.4 Å². The van der Waals surface area contributed by atoms with Crippen LogP contribution in [0.3, 0.4) is 0 Å². The van der Waals surface area contributed by atoms with Crippen LogP contribution in [0.5, 0.6) is 0 Å². The number of hydrogen-bond donors (Lipinski definition) is 2. The van der Waals surface area contributed by atoms with Crippen molar-refractivity contribution in [3.63, 3.8) is 0 Å². The Kier molecular flexibility index (Phi) is 5.09. The summed E-state index contributed by atoms with van der Waals surface area (Å²) in [6.07, 6.45) is 0. The summed E-state index contributed by atoms with van der Waals surface area (Å²) in [6.45, 7) is 6.21. The molecule has 3 aromatic rings. The van der Waals surface area contributed by atoms with E-state index in [1.165, 1.54) is 16.7 Å². The lowest BCUT2D eigenvalue weighted by Gasteiger charge is -2.11. The molecule has 0 fully saturated rings. The molecule has 0 aliphatic heterocycles. The first kappa shape index (κ1) is 16.7. The lowest BCUT2D eigenvalue weighted by molar-refractivity contribution is 0.803. The van der Waals surface area contributed by atoms with Crippen LogP contribution < -0.4 is 11.0 Å². The van der Waals surface area contributed by atoms with Crippen molar-refractivity contribution in [3.8, 4) is 11.1 Å². The molecule has 0 aliphatic carbocycles. The van der Waals surface area contributed by atoms with Crippen molar-refractivity contribution in [1.82, 2.24) is 5.53 Å². The molecule has 0 atom stereocenters. The molecule has 126 valence electrons. The summed E-state index contributed by atoms with van der Waals surface area (Å²) in [6, 6.07) is 22.6. The Morgan fingerprint density at radius 3 is 2.16 bits per heavy atom. The third kappa shape index (κ3) is 4.04. The van der Waals surface area contributed by atoms with Gasteiger partial charge in [0.1, 0.15) is 0 Å². The zero-order chi connectivity index (χ0) is 17.6. The molecular formula is C21H22N4. The first-order valence-electron chi connectivity index (χ1n) is 8.29. The molecule has 4 nitrogen and oxygen atoms in total. The van der Waals surface area contributed by atoms with Crippen molar-refractivity contribution in [1.29, 1.82) is 0 Å². The molecule has 4 heteroatoms. The first-order valence-corrected chi connectivity index (χ1v) is 8.29. The molecule has 0 bridgehead atoms. The highest BCUT2D eigenvalue weighted by molar-refractivity contribution is 5.70. The zero-order valence-corrected chi connectivity index (χ0v) is 14.7. The van der Waals surface area contributed by atoms with Crippen molar-refractivity contribution in [2.75, 3.05) is 5.43 Å². The van der Waals surface area contributed by atoms with Crippen LogP contribution in [0.1, 0.15) is 16.7 Å². The minimum Gasteiger partial charge on any atom is -0.284 e. The molecule has 0 aromatic heterocycles. The second-order valence-electron chi connectivity index (χ2n) is 6.07. The number of nitrogens with one attached hydrogen (secondary N) is 2.